The first-order chi connectivity index (χ1) is 17.4. The number of fused-ring (bicyclic) bond motifs is 1. The third kappa shape index (κ3) is 4.34. The van der Waals surface area contributed by atoms with E-state index in [-0.39, 0.29) is 5.57 Å². The number of halogens is 1. The van der Waals surface area contributed by atoms with Crippen molar-refractivity contribution >= 4 is 52.0 Å². The molecule has 0 spiro atoms. The molecule has 1 heterocycles. The van der Waals surface area contributed by atoms with Gasteiger partial charge in [-0.05, 0) is 53.1 Å². The fourth-order valence-electron chi connectivity index (χ4n) is 4.18. The summed E-state index contributed by atoms with van der Waals surface area (Å²) in [6.07, 6.45) is 1.44. The Balaban J connectivity index is 1.47. The highest BCUT2D eigenvalue weighted by molar-refractivity contribution is 6.40. The number of barbiturate groups is 1. The van der Waals surface area contributed by atoms with Gasteiger partial charge in [-0.3, -0.25) is 14.9 Å². The van der Waals surface area contributed by atoms with Crippen molar-refractivity contribution in [2.45, 2.75) is 13.5 Å². The van der Waals surface area contributed by atoms with Crippen LogP contribution < -0.4 is 15.0 Å². The molecule has 1 aliphatic rings. The third-order valence-electron chi connectivity index (χ3n) is 6.06. The zero-order valence-corrected chi connectivity index (χ0v) is 20.1. The van der Waals surface area contributed by atoms with Crippen LogP contribution in [0.3, 0.4) is 0 Å². The Hall–Kier alpha value is -4.42. The Morgan fingerprint density at radius 1 is 0.889 bits per heavy atom. The highest BCUT2D eigenvalue weighted by atomic mass is 35.5. The van der Waals surface area contributed by atoms with Crippen LogP contribution in [0, 0.1) is 6.92 Å². The van der Waals surface area contributed by atoms with Gasteiger partial charge in [0.05, 0.1) is 5.69 Å². The molecule has 0 radical (unpaired) electrons. The lowest BCUT2D eigenvalue weighted by atomic mass is 10.0. The molecule has 0 bridgehead atoms. The van der Waals surface area contributed by atoms with Gasteiger partial charge in [0, 0.05) is 10.6 Å². The van der Waals surface area contributed by atoms with Gasteiger partial charge in [0.2, 0.25) is 0 Å². The largest absolute Gasteiger partial charge is 0.488 e. The molecule has 1 fully saturated rings. The third-order valence-corrected chi connectivity index (χ3v) is 6.47. The van der Waals surface area contributed by atoms with Crippen molar-refractivity contribution in [3.05, 3.63) is 112 Å². The SMILES string of the molecule is Cc1c(Cl)cccc1N1C(=O)NC(=O)/C(=C\c2ccccc2OCc2cccc3ccccc23)C1=O. The number of nitrogens with zero attached hydrogens (tertiary/aromatic N) is 1. The number of amides is 4. The molecule has 1 saturated heterocycles. The number of carbonyl (C=O) groups excluding carboxylic acids is 3. The predicted octanol–water partition coefficient (Wildman–Crippen LogP) is 6.05. The molecule has 5 rings (SSSR count). The van der Waals surface area contributed by atoms with Crippen LogP contribution in [-0.4, -0.2) is 17.8 Å². The normalized spacial score (nSPS) is 14.9. The van der Waals surface area contributed by atoms with E-state index in [4.69, 9.17) is 16.3 Å². The van der Waals surface area contributed by atoms with Crippen molar-refractivity contribution in [2.24, 2.45) is 0 Å². The van der Waals surface area contributed by atoms with E-state index < -0.39 is 17.8 Å². The summed E-state index contributed by atoms with van der Waals surface area (Å²) in [5.74, 6) is -1.01. The lowest BCUT2D eigenvalue weighted by Gasteiger charge is -2.27. The van der Waals surface area contributed by atoms with Crippen LogP contribution in [0.15, 0.2) is 90.5 Å². The Morgan fingerprint density at radius 2 is 1.61 bits per heavy atom. The highest BCUT2D eigenvalue weighted by Crippen LogP contribution is 2.31. The van der Waals surface area contributed by atoms with Crippen molar-refractivity contribution < 1.29 is 19.1 Å². The van der Waals surface area contributed by atoms with Crippen LogP contribution in [0.5, 0.6) is 5.75 Å². The second kappa shape index (κ2) is 9.68. The Labute approximate surface area is 212 Å². The van der Waals surface area contributed by atoms with E-state index in [9.17, 15) is 14.4 Å². The zero-order chi connectivity index (χ0) is 25.2. The van der Waals surface area contributed by atoms with Gasteiger partial charge in [0.25, 0.3) is 11.8 Å². The number of carbonyl (C=O) groups is 3. The molecule has 6 nitrogen and oxygen atoms in total. The van der Waals surface area contributed by atoms with E-state index in [0.29, 0.717) is 34.2 Å². The van der Waals surface area contributed by atoms with Crippen LogP contribution in [0.1, 0.15) is 16.7 Å². The van der Waals surface area contributed by atoms with Gasteiger partial charge in [0.1, 0.15) is 17.9 Å². The van der Waals surface area contributed by atoms with E-state index in [2.05, 4.69) is 5.32 Å². The second-order valence-electron chi connectivity index (χ2n) is 8.31. The monoisotopic (exact) mass is 496 g/mol. The molecule has 4 aromatic rings. The number of rotatable bonds is 5. The summed E-state index contributed by atoms with van der Waals surface area (Å²) < 4.78 is 6.13. The maximum absolute atomic E-state index is 13.3. The molecular formula is C29H21ClN2O4. The number of hydrogen-bond acceptors (Lipinski definition) is 4. The predicted molar refractivity (Wildman–Crippen MR) is 140 cm³/mol. The fraction of sp³-hybridized carbons (Fsp3) is 0.0690. The van der Waals surface area contributed by atoms with Crippen molar-refractivity contribution in [1.82, 2.24) is 5.32 Å². The fourth-order valence-corrected chi connectivity index (χ4v) is 4.34. The van der Waals surface area contributed by atoms with E-state index >= 15 is 0 Å². The molecule has 1 N–H and O–H groups in total. The standard InChI is InChI=1S/C29H21ClN2O4/c1-18-24(30)13-7-14-25(18)32-28(34)23(27(33)31-29(32)35)16-20-9-3-5-15-26(20)36-17-21-11-6-10-19-8-2-4-12-22(19)21/h2-16H,17H2,1H3,(H,31,33,35)/b23-16+. The Bertz CT molecular complexity index is 1550. The van der Waals surface area contributed by atoms with Crippen LogP contribution in [0.4, 0.5) is 10.5 Å². The zero-order valence-electron chi connectivity index (χ0n) is 19.3. The average Bonchev–Trinajstić information content (AvgIpc) is 2.88. The topological polar surface area (TPSA) is 75.7 Å². The average molecular weight is 497 g/mol. The first-order valence-corrected chi connectivity index (χ1v) is 11.7. The minimum atomic E-state index is -0.826. The molecule has 0 saturated carbocycles. The molecule has 4 amide bonds. The van der Waals surface area contributed by atoms with Crippen molar-refractivity contribution in [3.63, 3.8) is 0 Å². The van der Waals surface area contributed by atoms with Crippen LogP contribution in [0.2, 0.25) is 5.02 Å². The first-order valence-electron chi connectivity index (χ1n) is 11.3. The van der Waals surface area contributed by atoms with E-state index in [1.165, 1.54) is 6.08 Å². The van der Waals surface area contributed by atoms with E-state index in [0.717, 1.165) is 21.2 Å². The molecule has 36 heavy (non-hydrogen) atoms. The van der Waals surface area contributed by atoms with Gasteiger partial charge in [-0.15, -0.1) is 0 Å². The van der Waals surface area contributed by atoms with E-state index in [1.807, 2.05) is 48.5 Å². The highest BCUT2D eigenvalue weighted by Gasteiger charge is 2.37. The van der Waals surface area contributed by atoms with Crippen molar-refractivity contribution in [2.75, 3.05) is 4.90 Å². The van der Waals surface area contributed by atoms with Crippen LogP contribution in [0.25, 0.3) is 16.8 Å². The molecular weight excluding hydrogens is 476 g/mol. The van der Waals surface area contributed by atoms with Gasteiger partial charge >= 0.3 is 6.03 Å². The summed E-state index contributed by atoms with van der Waals surface area (Å²) in [6, 6.07) is 25.3. The molecule has 178 valence electrons. The van der Waals surface area contributed by atoms with Crippen LogP contribution in [-0.2, 0) is 16.2 Å². The number of anilines is 1. The minimum absolute atomic E-state index is 0.185. The maximum Gasteiger partial charge on any atom is 0.335 e. The minimum Gasteiger partial charge on any atom is -0.488 e. The summed E-state index contributed by atoms with van der Waals surface area (Å²) in [4.78, 5) is 39.5. The van der Waals surface area contributed by atoms with Gasteiger partial charge in [0.15, 0.2) is 0 Å². The molecule has 0 aliphatic carbocycles. The maximum atomic E-state index is 13.3. The molecule has 7 heteroatoms. The van der Waals surface area contributed by atoms with Gasteiger partial charge in [-0.25, -0.2) is 9.69 Å². The lowest BCUT2D eigenvalue weighted by Crippen LogP contribution is -2.54. The Morgan fingerprint density at radius 3 is 2.47 bits per heavy atom. The summed E-state index contributed by atoms with van der Waals surface area (Å²) in [5.41, 5.74) is 2.22. The Kier molecular flexibility index (Phi) is 6.27. The number of benzene rings is 4. The molecule has 1 aliphatic heterocycles. The molecule has 4 aromatic carbocycles. The number of nitrogens with one attached hydrogen (secondary N) is 1. The quantitative estimate of drug-likeness (QED) is 0.270. The van der Waals surface area contributed by atoms with Gasteiger partial charge in [-0.1, -0.05) is 78.3 Å². The van der Waals surface area contributed by atoms with Gasteiger partial charge < -0.3 is 4.74 Å². The number of imide groups is 2. The van der Waals surface area contributed by atoms with Gasteiger partial charge in [-0.2, -0.15) is 0 Å². The first kappa shape index (κ1) is 23.3. The number of hydrogen-bond donors (Lipinski definition) is 1. The number of urea groups is 1. The van der Waals surface area contributed by atoms with Crippen LogP contribution >= 0.6 is 11.6 Å². The van der Waals surface area contributed by atoms with Crippen molar-refractivity contribution in [3.8, 4) is 5.75 Å². The number of para-hydroxylation sites is 1. The summed E-state index contributed by atoms with van der Waals surface area (Å²) in [7, 11) is 0. The lowest BCUT2D eigenvalue weighted by molar-refractivity contribution is -0.122. The summed E-state index contributed by atoms with van der Waals surface area (Å²) in [5, 5.41) is 4.85. The smallest absolute Gasteiger partial charge is 0.335 e. The molecule has 0 aromatic heterocycles. The van der Waals surface area contributed by atoms with E-state index in [1.54, 1.807) is 43.3 Å². The second-order valence-corrected chi connectivity index (χ2v) is 8.71. The van der Waals surface area contributed by atoms with Crippen molar-refractivity contribution in [1.29, 1.82) is 0 Å². The molecule has 0 unspecified atom stereocenters. The summed E-state index contributed by atoms with van der Waals surface area (Å²) >= 11 is 6.20. The molecule has 0 atom stereocenters. The summed E-state index contributed by atoms with van der Waals surface area (Å²) in [6.45, 7) is 2.00. The number of ether oxygens (including phenoxy) is 1.